The molecule has 34 heavy (non-hydrogen) atoms. The van der Waals surface area contributed by atoms with Gasteiger partial charge in [-0.3, -0.25) is 14.2 Å². The Morgan fingerprint density at radius 2 is 1.94 bits per heavy atom. The summed E-state index contributed by atoms with van der Waals surface area (Å²) >= 11 is 0. The predicted octanol–water partition coefficient (Wildman–Crippen LogP) is 3.89. The predicted molar refractivity (Wildman–Crippen MR) is 129 cm³/mol. The second-order valence-corrected chi connectivity index (χ2v) is 8.12. The zero-order valence-electron chi connectivity index (χ0n) is 18.9. The van der Waals surface area contributed by atoms with Crippen LogP contribution in [0.3, 0.4) is 0 Å². The maximum absolute atomic E-state index is 12.7. The van der Waals surface area contributed by atoms with E-state index < -0.39 is 0 Å². The van der Waals surface area contributed by atoms with E-state index in [1.807, 2.05) is 10.6 Å². The number of benzene rings is 2. The van der Waals surface area contributed by atoms with Crippen molar-refractivity contribution in [2.45, 2.75) is 20.4 Å². The van der Waals surface area contributed by atoms with Crippen molar-refractivity contribution in [2.24, 2.45) is 0 Å². The third-order valence-electron chi connectivity index (χ3n) is 5.67. The van der Waals surface area contributed by atoms with Crippen molar-refractivity contribution < 1.29 is 9.21 Å². The first-order valence-electron chi connectivity index (χ1n) is 10.9. The number of carbonyl (C=O) groups is 1. The van der Waals surface area contributed by atoms with Gasteiger partial charge in [-0.2, -0.15) is 5.10 Å². The Morgan fingerprint density at radius 1 is 1.06 bits per heavy atom. The zero-order chi connectivity index (χ0) is 23.7. The number of imidazole rings is 1. The van der Waals surface area contributed by atoms with Crippen LogP contribution in [0, 0.1) is 13.8 Å². The minimum absolute atomic E-state index is 0.238. The van der Waals surface area contributed by atoms with Gasteiger partial charge in [-0.1, -0.05) is 17.7 Å². The number of aromatic nitrogens is 4. The molecule has 5 aromatic rings. The van der Waals surface area contributed by atoms with E-state index in [0.29, 0.717) is 17.0 Å². The number of nitrogens with one attached hydrogen (secondary N) is 1. The number of carbonyl (C=O) groups excluding carboxylic acids is 1. The average molecular weight is 454 g/mol. The van der Waals surface area contributed by atoms with Crippen molar-refractivity contribution in [2.75, 3.05) is 6.54 Å². The molecule has 0 aliphatic heterocycles. The Hall–Kier alpha value is -4.46. The van der Waals surface area contributed by atoms with Crippen molar-refractivity contribution in [1.29, 1.82) is 0 Å². The quantitative estimate of drug-likeness (QED) is 0.421. The van der Waals surface area contributed by atoms with Crippen molar-refractivity contribution in [3.63, 3.8) is 0 Å². The number of rotatable bonds is 6. The highest BCUT2D eigenvalue weighted by Gasteiger charge is 2.12. The van der Waals surface area contributed by atoms with Crippen LogP contribution in [-0.4, -0.2) is 31.8 Å². The fraction of sp³-hybridized carbons (Fsp3) is 0.154. The summed E-state index contributed by atoms with van der Waals surface area (Å²) in [4.78, 5) is 29.4. The smallest absolute Gasteiger partial charge is 0.266 e. The van der Waals surface area contributed by atoms with Crippen molar-refractivity contribution in [3.05, 3.63) is 100 Å². The van der Waals surface area contributed by atoms with E-state index in [1.165, 1.54) is 16.3 Å². The second-order valence-electron chi connectivity index (χ2n) is 8.12. The molecule has 1 N–H and O–H groups in total. The third-order valence-corrected chi connectivity index (χ3v) is 5.67. The topological polar surface area (TPSA) is 95.0 Å². The molecular weight excluding hydrogens is 430 g/mol. The van der Waals surface area contributed by atoms with Gasteiger partial charge >= 0.3 is 0 Å². The summed E-state index contributed by atoms with van der Waals surface area (Å²) in [6.07, 6.45) is 3.32. The number of fused-ring (bicyclic) bond motifs is 1. The molecule has 0 unspecified atom stereocenters. The maximum atomic E-state index is 12.7. The molecule has 0 radical (unpaired) electrons. The zero-order valence-corrected chi connectivity index (χ0v) is 18.9. The van der Waals surface area contributed by atoms with E-state index in [0.717, 1.165) is 22.3 Å². The van der Waals surface area contributed by atoms with Gasteiger partial charge in [-0.05, 0) is 61.9 Å². The minimum atomic E-state index is -0.247. The summed E-state index contributed by atoms with van der Waals surface area (Å²) in [5.74, 6) is 0.338. The van der Waals surface area contributed by atoms with Crippen LogP contribution >= 0.6 is 0 Å². The van der Waals surface area contributed by atoms with Gasteiger partial charge in [-0.15, -0.1) is 0 Å². The number of nitrogens with zero attached hydrogens (tertiary/aromatic N) is 4. The molecule has 1 amide bonds. The average Bonchev–Trinajstić information content (AvgIpc) is 3.50. The molecule has 0 spiro atoms. The van der Waals surface area contributed by atoms with Gasteiger partial charge in [0.1, 0.15) is 12.0 Å². The number of aryl methyl sites for hydroxylation is 2. The number of hydrogen-bond donors (Lipinski definition) is 1. The molecule has 5 rings (SSSR count). The largest absolute Gasteiger partial charge is 0.463 e. The number of furan rings is 1. The molecule has 3 heterocycles. The van der Waals surface area contributed by atoms with Crippen LogP contribution < -0.4 is 10.9 Å². The fourth-order valence-electron chi connectivity index (χ4n) is 3.96. The van der Waals surface area contributed by atoms with Crippen LogP contribution in [0.15, 0.2) is 82.5 Å². The highest BCUT2D eigenvalue weighted by Crippen LogP contribution is 2.22. The highest BCUT2D eigenvalue weighted by atomic mass is 16.3. The van der Waals surface area contributed by atoms with Gasteiger partial charge in [0.2, 0.25) is 0 Å². The molecule has 8 heteroatoms. The lowest BCUT2D eigenvalue weighted by molar-refractivity contribution is 0.0952. The van der Waals surface area contributed by atoms with Crippen molar-refractivity contribution >= 4 is 16.9 Å². The molecule has 0 saturated heterocycles. The summed E-state index contributed by atoms with van der Waals surface area (Å²) in [5, 5.41) is 7.17. The lowest BCUT2D eigenvalue weighted by Crippen LogP contribution is -2.31. The van der Waals surface area contributed by atoms with E-state index in [-0.39, 0.29) is 24.6 Å². The summed E-state index contributed by atoms with van der Waals surface area (Å²) in [6.45, 7) is 4.63. The Kier molecular flexibility index (Phi) is 5.55. The Balaban J connectivity index is 1.29. The van der Waals surface area contributed by atoms with E-state index in [9.17, 15) is 9.59 Å². The molecule has 2 aromatic carbocycles. The molecule has 0 aliphatic rings. The van der Waals surface area contributed by atoms with Crippen molar-refractivity contribution in [1.82, 2.24) is 24.6 Å². The Morgan fingerprint density at radius 3 is 2.74 bits per heavy atom. The molecule has 0 atom stereocenters. The first-order chi connectivity index (χ1) is 16.5. The maximum Gasteiger partial charge on any atom is 0.266 e. The van der Waals surface area contributed by atoms with Gasteiger partial charge in [-0.25, -0.2) is 9.67 Å². The molecule has 0 aliphatic carbocycles. The van der Waals surface area contributed by atoms with Gasteiger partial charge < -0.3 is 9.73 Å². The molecule has 3 aromatic heterocycles. The molecule has 0 fully saturated rings. The monoisotopic (exact) mass is 453 g/mol. The Labute approximate surface area is 195 Å². The first-order valence-corrected chi connectivity index (χ1v) is 10.9. The summed E-state index contributed by atoms with van der Waals surface area (Å²) in [6, 6.07) is 18.3. The second kappa shape index (κ2) is 8.82. The van der Waals surface area contributed by atoms with Gasteiger partial charge in [0.05, 0.1) is 29.5 Å². The van der Waals surface area contributed by atoms with Crippen LogP contribution in [0.1, 0.15) is 21.5 Å². The van der Waals surface area contributed by atoms with Crippen LogP contribution in [0.4, 0.5) is 0 Å². The third kappa shape index (κ3) is 4.13. The van der Waals surface area contributed by atoms with Crippen molar-refractivity contribution in [3.8, 4) is 17.1 Å². The highest BCUT2D eigenvalue weighted by molar-refractivity contribution is 5.97. The summed E-state index contributed by atoms with van der Waals surface area (Å²) < 4.78 is 8.67. The Bertz CT molecular complexity index is 1550. The van der Waals surface area contributed by atoms with E-state index in [2.05, 4.69) is 47.4 Å². The fourth-order valence-corrected chi connectivity index (χ4v) is 3.96. The minimum Gasteiger partial charge on any atom is -0.463 e. The van der Waals surface area contributed by atoms with Crippen LogP contribution in [0.5, 0.6) is 0 Å². The van der Waals surface area contributed by atoms with E-state index in [1.54, 1.807) is 42.9 Å². The molecule has 170 valence electrons. The standard InChI is InChI=1S/C26H23N5O3/c1-17-5-8-22(18(2)14-17)30-16-28-21-15-19(6-9-23(21)30)26(33)27-11-12-31-25(32)10-7-20(29-31)24-4-3-13-34-24/h3-10,13-16H,11-12H2,1-2H3,(H,27,33). The van der Waals surface area contributed by atoms with E-state index in [4.69, 9.17) is 4.42 Å². The normalized spacial score (nSPS) is 11.1. The van der Waals surface area contributed by atoms with Gasteiger partial charge in [0, 0.05) is 18.2 Å². The van der Waals surface area contributed by atoms with Crippen LogP contribution in [0.25, 0.3) is 28.2 Å². The molecular formula is C26H23N5O3. The molecule has 8 nitrogen and oxygen atoms in total. The SMILES string of the molecule is Cc1ccc(-n2cnc3cc(C(=O)NCCn4nc(-c5ccco5)ccc4=O)ccc32)c(C)c1. The molecule has 0 saturated carbocycles. The summed E-state index contributed by atoms with van der Waals surface area (Å²) in [5.41, 5.74) is 5.88. The lowest BCUT2D eigenvalue weighted by atomic mass is 10.1. The van der Waals surface area contributed by atoms with Gasteiger partial charge in [0.25, 0.3) is 11.5 Å². The van der Waals surface area contributed by atoms with Crippen LogP contribution in [0.2, 0.25) is 0 Å². The number of hydrogen-bond acceptors (Lipinski definition) is 5. The van der Waals surface area contributed by atoms with Gasteiger partial charge in [0.15, 0.2) is 5.76 Å². The number of amides is 1. The van der Waals surface area contributed by atoms with E-state index >= 15 is 0 Å². The molecule has 0 bridgehead atoms. The van der Waals surface area contributed by atoms with Crippen LogP contribution in [-0.2, 0) is 6.54 Å². The lowest BCUT2D eigenvalue weighted by Gasteiger charge is -2.10. The first kappa shape index (κ1) is 21.4. The summed E-state index contributed by atoms with van der Waals surface area (Å²) in [7, 11) is 0.